The van der Waals surface area contributed by atoms with Crippen LogP contribution >= 0.6 is 0 Å². The van der Waals surface area contributed by atoms with Crippen molar-refractivity contribution in [1.29, 1.82) is 0 Å². The van der Waals surface area contributed by atoms with Gasteiger partial charge in [0, 0.05) is 0 Å². The Kier molecular flexibility index (Phi) is 2.63. The molecule has 0 saturated carbocycles. The van der Waals surface area contributed by atoms with Crippen molar-refractivity contribution in [3.63, 3.8) is 0 Å². The van der Waals surface area contributed by atoms with Gasteiger partial charge < -0.3 is 9.31 Å². The first-order valence-corrected chi connectivity index (χ1v) is 5.40. The summed E-state index contributed by atoms with van der Waals surface area (Å²) in [6.45, 7) is 8.05. The minimum Gasteiger partial charge on any atom is -0.398 e. The van der Waals surface area contributed by atoms with Gasteiger partial charge in [0.15, 0.2) is 0 Å². The summed E-state index contributed by atoms with van der Waals surface area (Å²) >= 11 is 0. The standard InChI is InChI=1S/C11H15B2NO2/c1-10(2)11(3,4)16-13(15-10)9-7-5-6-8(12)14-9/h5-7H,1-4H3. The van der Waals surface area contributed by atoms with Crippen LogP contribution < -0.4 is 11.2 Å². The Bertz CT molecular complexity index is 391. The molecule has 2 rings (SSSR count). The Hall–Kier alpha value is -0.800. The van der Waals surface area contributed by atoms with E-state index in [1.165, 1.54) is 0 Å². The van der Waals surface area contributed by atoms with Crippen LogP contribution in [0.2, 0.25) is 0 Å². The van der Waals surface area contributed by atoms with Gasteiger partial charge >= 0.3 is 7.12 Å². The number of hydrogen-bond acceptors (Lipinski definition) is 3. The van der Waals surface area contributed by atoms with Gasteiger partial charge in [-0.3, -0.25) is 4.98 Å². The summed E-state index contributed by atoms with van der Waals surface area (Å²) in [5, 5.41) is 0. The molecule has 2 heterocycles. The molecule has 0 atom stereocenters. The number of pyridine rings is 1. The van der Waals surface area contributed by atoms with Crippen molar-refractivity contribution in [1.82, 2.24) is 4.98 Å². The molecule has 3 nitrogen and oxygen atoms in total. The topological polar surface area (TPSA) is 31.4 Å². The Morgan fingerprint density at radius 2 is 1.69 bits per heavy atom. The van der Waals surface area contributed by atoms with E-state index in [4.69, 9.17) is 17.2 Å². The maximum Gasteiger partial charge on any atom is 0.514 e. The van der Waals surface area contributed by atoms with Crippen LogP contribution in [0.25, 0.3) is 0 Å². The minimum atomic E-state index is -0.437. The Labute approximate surface area is 98.1 Å². The highest BCUT2D eigenvalue weighted by Gasteiger charge is 2.52. The molecular weight excluding hydrogens is 200 g/mol. The van der Waals surface area contributed by atoms with Crippen LogP contribution in [0.5, 0.6) is 0 Å². The van der Waals surface area contributed by atoms with Crippen molar-refractivity contribution < 1.29 is 9.31 Å². The van der Waals surface area contributed by atoms with Crippen LogP contribution in [-0.4, -0.2) is 31.2 Å². The predicted molar refractivity (Wildman–Crippen MR) is 65.3 cm³/mol. The molecule has 0 amide bonds. The third kappa shape index (κ3) is 1.89. The Balaban J connectivity index is 2.27. The molecule has 1 aliphatic rings. The summed E-state index contributed by atoms with van der Waals surface area (Å²) < 4.78 is 11.7. The molecule has 0 spiro atoms. The van der Waals surface area contributed by atoms with E-state index in [9.17, 15) is 0 Å². The zero-order valence-corrected chi connectivity index (χ0v) is 10.2. The SMILES string of the molecule is [B]c1cccc(B2OC(C)(C)C(C)(C)O2)n1. The monoisotopic (exact) mass is 215 g/mol. The molecule has 0 aliphatic carbocycles. The Morgan fingerprint density at radius 1 is 1.12 bits per heavy atom. The first-order valence-electron chi connectivity index (χ1n) is 5.40. The van der Waals surface area contributed by atoms with E-state index in [1.807, 2.05) is 39.8 Å². The normalized spacial score (nSPS) is 22.4. The molecule has 0 bridgehead atoms. The molecule has 16 heavy (non-hydrogen) atoms. The largest absolute Gasteiger partial charge is 0.514 e. The quantitative estimate of drug-likeness (QED) is 0.625. The van der Waals surface area contributed by atoms with Crippen LogP contribution in [0, 0.1) is 0 Å². The highest BCUT2D eigenvalue weighted by atomic mass is 16.7. The Morgan fingerprint density at radius 3 is 2.19 bits per heavy atom. The van der Waals surface area contributed by atoms with Crippen molar-refractivity contribution in [3.8, 4) is 0 Å². The van der Waals surface area contributed by atoms with Crippen LogP contribution in [0.1, 0.15) is 27.7 Å². The van der Waals surface area contributed by atoms with Gasteiger partial charge in [0.2, 0.25) is 0 Å². The lowest BCUT2D eigenvalue weighted by Crippen LogP contribution is -2.41. The molecule has 1 fully saturated rings. The summed E-state index contributed by atoms with van der Waals surface area (Å²) in [7, 11) is 5.20. The van der Waals surface area contributed by atoms with Crippen LogP contribution in [-0.2, 0) is 9.31 Å². The molecule has 1 aromatic rings. The van der Waals surface area contributed by atoms with E-state index < -0.39 is 7.12 Å². The highest BCUT2D eigenvalue weighted by Crippen LogP contribution is 2.36. The fraction of sp³-hybridized carbons (Fsp3) is 0.545. The first kappa shape index (κ1) is 11.7. The van der Waals surface area contributed by atoms with Gasteiger partial charge in [0.05, 0.1) is 16.8 Å². The molecule has 5 heteroatoms. The molecule has 82 valence electrons. The number of hydrogen-bond donors (Lipinski definition) is 0. The molecule has 1 aliphatic heterocycles. The number of aromatic nitrogens is 1. The molecule has 0 N–H and O–H groups in total. The van der Waals surface area contributed by atoms with E-state index in [-0.39, 0.29) is 11.2 Å². The van der Waals surface area contributed by atoms with E-state index in [0.717, 1.165) is 5.59 Å². The first-order chi connectivity index (χ1) is 7.32. The van der Waals surface area contributed by atoms with Crippen molar-refractivity contribution in [2.75, 3.05) is 0 Å². The average Bonchev–Trinajstić information content (AvgIpc) is 2.36. The van der Waals surface area contributed by atoms with E-state index in [1.54, 1.807) is 6.07 Å². The summed E-state index contributed by atoms with van der Waals surface area (Å²) in [6, 6.07) is 5.45. The highest BCUT2D eigenvalue weighted by molar-refractivity contribution is 6.61. The van der Waals surface area contributed by atoms with Crippen molar-refractivity contribution in [2.45, 2.75) is 38.9 Å². The average molecular weight is 215 g/mol. The van der Waals surface area contributed by atoms with Crippen LogP contribution in [0.4, 0.5) is 0 Å². The minimum absolute atomic E-state index is 0.343. The number of nitrogens with zero attached hydrogens (tertiary/aromatic N) is 1. The van der Waals surface area contributed by atoms with Gasteiger partial charge in [0.25, 0.3) is 0 Å². The molecule has 1 saturated heterocycles. The van der Waals surface area contributed by atoms with Gasteiger partial charge in [-0.05, 0) is 39.4 Å². The predicted octanol–water partition coefficient (Wildman–Crippen LogP) is 0.175. The van der Waals surface area contributed by atoms with Gasteiger partial charge in [-0.15, -0.1) is 0 Å². The second-order valence-corrected chi connectivity index (χ2v) is 5.08. The third-order valence-corrected chi connectivity index (χ3v) is 3.29. The lowest BCUT2D eigenvalue weighted by molar-refractivity contribution is 0.00578. The summed E-state index contributed by atoms with van der Waals surface area (Å²) in [6.07, 6.45) is 0. The van der Waals surface area contributed by atoms with Crippen LogP contribution in [0.15, 0.2) is 18.2 Å². The maximum atomic E-state index is 5.86. The smallest absolute Gasteiger partial charge is 0.398 e. The third-order valence-electron chi connectivity index (χ3n) is 3.29. The van der Waals surface area contributed by atoms with E-state index >= 15 is 0 Å². The van der Waals surface area contributed by atoms with Gasteiger partial charge in [-0.25, -0.2) is 0 Å². The van der Waals surface area contributed by atoms with Crippen molar-refractivity contribution in [2.24, 2.45) is 0 Å². The van der Waals surface area contributed by atoms with Gasteiger partial charge in [-0.2, -0.15) is 0 Å². The molecule has 2 radical (unpaired) electrons. The molecule has 0 aromatic carbocycles. The summed E-state index contributed by atoms with van der Waals surface area (Å²) in [5.41, 5.74) is 0.513. The van der Waals surface area contributed by atoms with Crippen molar-refractivity contribution >= 4 is 26.2 Å². The second-order valence-electron chi connectivity index (χ2n) is 5.08. The van der Waals surface area contributed by atoms with E-state index in [0.29, 0.717) is 5.59 Å². The number of rotatable bonds is 1. The lowest BCUT2D eigenvalue weighted by Gasteiger charge is -2.32. The zero-order valence-electron chi connectivity index (χ0n) is 10.2. The summed E-state index contributed by atoms with van der Waals surface area (Å²) in [4.78, 5) is 4.21. The lowest BCUT2D eigenvalue weighted by atomic mass is 9.83. The summed E-state index contributed by atoms with van der Waals surface area (Å²) in [5.74, 6) is 0. The maximum absolute atomic E-state index is 5.86. The fourth-order valence-electron chi connectivity index (χ4n) is 1.56. The van der Waals surface area contributed by atoms with E-state index in [2.05, 4.69) is 4.98 Å². The fourth-order valence-corrected chi connectivity index (χ4v) is 1.56. The van der Waals surface area contributed by atoms with Gasteiger partial charge in [-0.1, -0.05) is 12.1 Å². The van der Waals surface area contributed by atoms with Crippen LogP contribution in [0.3, 0.4) is 0 Å². The molecular formula is C11H15B2NO2. The second kappa shape index (κ2) is 3.60. The molecule has 1 aromatic heterocycles. The molecule has 0 unspecified atom stereocenters. The van der Waals surface area contributed by atoms with Crippen molar-refractivity contribution in [3.05, 3.63) is 18.2 Å². The van der Waals surface area contributed by atoms with Gasteiger partial charge in [0.1, 0.15) is 7.85 Å². The zero-order chi connectivity index (χ0) is 12.0.